The number of nitrogens with zero attached hydrogens (tertiary/aromatic N) is 3. The lowest BCUT2D eigenvalue weighted by Gasteiger charge is -2.38. The molecule has 2 rings (SSSR count). The van der Waals surface area contributed by atoms with E-state index in [-0.39, 0.29) is 0 Å². The Bertz CT molecular complexity index is 494. The van der Waals surface area contributed by atoms with E-state index >= 15 is 0 Å². The zero-order valence-electron chi connectivity index (χ0n) is 10.9. The summed E-state index contributed by atoms with van der Waals surface area (Å²) in [6.45, 7) is 7.92. The van der Waals surface area contributed by atoms with Gasteiger partial charge in [-0.05, 0) is 26.8 Å². The van der Waals surface area contributed by atoms with E-state index in [1.165, 1.54) is 0 Å². The van der Waals surface area contributed by atoms with Crippen molar-refractivity contribution < 1.29 is 0 Å². The van der Waals surface area contributed by atoms with Gasteiger partial charge in [-0.25, -0.2) is 4.98 Å². The highest BCUT2D eigenvalue weighted by Gasteiger charge is 2.25. The zero-order valence-corrected chi connectivity index (χ0v) is 11.6. The smallest absolute Gasteiger partial charge is 0.148 e. The number of rotatable bonds is 1. The van der Waals surface area contributed by atoms with Crippen LogP contribution in [0.25, 0.3) is 0 Å². The average Bonchev–Trinajstić information content (AvgIpc) is 2.35. The maximum absolute atomic E-state index is 8.97. The van der Waals surface area contributed by atoms with Gasteiger partial charge in [0.1, 0.15) is 11.9 Å². The van der Waals surface area contributed by atoms with E-state index in [2.05, 4.69) is 35.1 Å². The standard InChI is InChI=1S/C13H17ClN4/c1-8-7-18(9(2)6-16-8)13-12(14)4-11(5-15)10(3)17-13/h4,8-9,16H,6-7H2,1-3H3. The van der Waals surface area contributed by atoms with E-state index < -0.39 is 0 Å². The molecule has 0 amide bonds. The first-order valence-corrected chi connectivity index (χ1v) is 6.48. The topological polar surface area (TPSA) is 52.0 Å². The predicted octanol–water partition coefficient (Wildman–Crippen LogP) is 2.10. The molecule has 1 aromatic rings. The molecule has 1 fully saturated rings. The Morgan fingerprint density at radius 2 is 2.28 bits per heavy atom. The van der Waals surface area contributed by atoms with Crippen LogP contribution >= 0.6 is 11.6 Å². The molecule has 96 valence electrons. The molecule has 5 heteroatoms. The highest BCUT2D eigenvalue weighted by atomic mass is 35.5. The predicted molar refractivity (Wildman–Crippen MR) is 73.0 cm³/mol. The highest BCUT2D eigenvalue weighted by molar-refractivity contribution is 6.33. The van der Waals surface area contributed by atoms with E-state index in [0.29, 0.717) is 22.7 Å². The molecule has 18 heavy (non-hydrogen) atoms. The van der Waals surface area contributed by atoms with Gasteiger partial charge in [-0.2, -0.15) is 5.26 Å². The second-order valence-electron chi connectivity index (χ2n) is 4.85. The Balaban J connectivity index is 2.38. The van der Waals surface area contributed by atoms with Crippen LogP contribution in [0, 0.1) is 18.3 Å². The Kier molecular flexibility index (Phi) is 3.74. The third-order valence-corrected chi connectivity index (χ3v) is 3.58. The molecule has 0 bridgehead atoms. The minimum absolute atomic E-state index is 0.346. The largest absolute Gasteiger partial charge is 0.350 e. The number of nitriles is 1. The lowest BCUT2D eigenvalue weighted by Crippen LogP contribution is -2.54. The summed E-state index contributed by atoms with van der Waals surface area (Å²) in [4.78, 5) is 6.70. The van der Waals surface area contributed by atoms with Crippen molar-refractivity contribution in [2.45, 2.75) is 32.9 Å². The molecule has 2 atom stereocenters. The molecular weight excluding hydrogens is 248 g/mol. The molecule has 0 saturated carbocycles. The van der Waals surface area contributed by atoms with Crippen LogP contribution in [0.5, 0.6) is 0 Å². The maximum Gasteiger partial charge on any atom is 0.148 e. The molecule has 2 unspecified atom stereocenters. The van der Waals surface area contributed by atoms with Crippen LogP contribution in [-0.2, 0) is 0 Å². The fraction of sp³-hybridized carbons (Fsp3) is 0.538. The third-order valence-electron chi connectivity index (χ3n) is 3.30. The van der Waals surface area contributed by atoms with Crippen LogP contribution in [0.15, 0.2) is 6.07 Å². The second kappa shape index (κ2) is 5.13. The number of halogens is 1. The van der Waals surface area contributed by atoms with Gasteiger partial charge in [0, 0.05) is 25.2 Å². The molecule has 1 saturated heterocycles. The van der Waals surface area contributed by atoms with Gasteiger partial charge >= 0.3 is 0 Å². The second-order valence-corrected chi connectivity index (χ2v) is 5.26. The Morgan fingerprint density at radius 3 is 2.94 bits per heavy atom. The van der Waals surface area contributed by atoms with Crippen molar-refractivity contribution in [1.82, 2.24) is 10.3 Å². The molecule has 0 aliphatic carbocycles. The van der Waals surface area contributed by atoms with Gasteiger partial charge in [-0.1, -0.05) is 11.6 Å². The Hall–Kier alpha value is -1.31. The van der Waals surface area contributed by atoms with Crippen molar-refractivity contribution in [3.05, 3.63) is 22.3 Å². The molecule has 1 N–H and O–H groups in total. The number of nitrogens with one attached hydrogen (secondary N) is 1. The molecule has 1 aliphatic heterocycles. The summed E-state index contributed by atoms with van der Waals surface area (Å²) >= 11 is 6.25. The van der Waals surface area contributed by atoms with Crippen LogP contribution in [0.1, 0.15) is 25.1 Å². The highest BCUT2D eigenvalue weighted by Crippen LogP contribution is 2.28. The van der Waals surface area contributed by atoms with Crippen molar-refractivity contribution in [3.63, 3.8) is 0 Å². The number of hydrogen-bond acceptors (Lipinski definition) is 4. The average molecular weight is 265 g/mol. The van der Waals surface area contributed by atoms with Gasteiger partial charge in [0.05, 0.1) is 16.3 Å². The first-order valence-electron chi connectivity index (χ1n) is 6.10. The molecule has 0 spiro atoms. The van der Waals surface area contributed by atoms with Gasteiger partial charge in [0.2, 0.25) is 0 Å². The first kappa shape index (κ1) is 13.1. The fourth-order valence-corrected chi connectivity index (χ4v) is 2.46. The molecule has 1 aromatic heterocycles. The third kappa shape index (κ3) is 2.43. The monoisotopic (exact) mass is 264 g/mol. The first-order chi connectivity index (χ1) is 8.52. The number of anilines is 1. The number of piperazine rings is 1. The molecule has 4 nitrogen and oxygen atoms in total. The van der Waals surface area contributed by atoms with Crippen LogP contribution in [0.2, 0.25) is 5.02 Å². The number of aryl methyl sites for hydroxylation is 1. The van der Waals surface area contributed by atoms with Gasteiger partial charge in [-0.15, -0.1) is 0 Å². The van der Waals surface area contributed by atoms with Crippen molar-refractivity contribution >= 4 is 17.4 Å². The summed E-state index contributed by atoms with van der Waals surface area (Å²) in [6, 6.07) is 4.57. The van der Waals surface area contributed by atoms with Crippen molar-refractivity contribution in [2.75, 3.05) is 18.0 Å². The molecule has 0 aromatic carbocycles. The van der Waals surface area contributed by atoms with Crippen LogP contribution in [0.4, 0.5) is 5.82 Å². The summed E-state index contributed by atoms with van der Waals surface area (Å²) < 4.78 is 0. The zero-order chi connectivity index (χ0) is 13.3. The van der Waals surface area contributed by atoms with Gasteiger partial charge in [-0.3, -0.25) is 0 Å². The summed E-state index contributed by atoms with van der Waals surface area (Å²) in [7, 11) is 0. The van der Waals surface area contributed by atoms with Gasteiger partial charge in [0.25, 0.3) is 0 Å². The Labute approximate surface area is 113 Å². The number of aromatic nitrogens is 1. The van der Waals surface area contributed by atoms with E-state index in [0.717, 1.165) is 24.6 Å². The summed E-state index contributed by atoms with van der Waals surface area (Å²) in [5, 5.41) is 12.9. The maximum atomic E-state index is 8.97. The van der Waals surface area contributed by atoms with Crippen LogP contribution in [-0.4, -0.2) is 30.2 Å². The lowest BCUT2D eigenvalue weighted by atomic mass is 10.1. The number of pyridine rings is 1. The minimum Gasteiger partial charge on any atom is -0.350 e. The van der Waals surface area contributed by atoms with Crippen LogP contribution in [0.3, 0.4) is 0 Å². The summed E-state index contributed by atoms with van der Waals surface area (Å²) in [6.07, 6.45) is 0. The summed E-state index contributed by atoms with van der Waals surface area (Å²) in [5.74, 6) is 0.786. The Morgan fingerprint density at radius 1 is 1.56 bits per heavy atom. The van der Waals surface area contributed by atoms with E-state index in [1.54, 1.807) is 6.07 Å². The lowest BCUT2D eigenvalue weighted by molar-refractivity contribution is 0.422. The minimum atomic E-state index is 0.346. The molecule has 0 radical (unpaired) electrons. The SMILES string of the molecule is Cc1nc(N2CC(C)NCC2C)c(Cl)cc1C#N. The van der Waals surface area contributed by atoms with Gasteiger partial charge in [0.15, 0.2) is 0 Å². The molecular formula is C13H17ClN4. The van der Waals surface area contributed by atoms with Crippen molar-refractivity contribution in [2.24, 2.45) is 0 Å². The van der Waals surface area contributed by atoms with Gasteiger partial charge < -0.3 is 10.2 Å². The molecule has 1 aliphatic rings. The van der Waals surface area contributed by atoms with E-state index in [4.69, 9.17) is 16.9 Å². The number of hydrogen-bond donors (Lipinski definition) is 1. The fourth-order valence-electron chi connectivity index (χ4n) is 2.20. The quantitative estimate of drug-likeness (QED) is 0.844. The normalized spacial score (nSPS) is 23.8. The van der Waals surface area contributed by atoms with Crippen molar-refractivity contribution in [3.8, 4) is 6.07 Å². The summed E-state index contributed by atoms with van der Waals surface area (Å²) in [5.41, 5.74) is 1.27. The van der Waals surface area contributed by atoms with Crippen LogP contribution < -0.4 is 10.2 Å². The van der Waals surface area contributed by atoms with E-state index in [9.17, 15) is 0 Å². The van der Waals surface area contributed by atoms with E-state index in [1.807, 2.05) is 6.92 Å². The van der Waals surface area contributed by atoms with Crippen molar-refractivity contribution in [1.29, 1.82) is 5.26 Å². The molecule has 2 heterocycles.